The van der Waals surface area contributed by atoms with Gasteiger partial charge in [0.15, 0.2) is 0 Å². The number of nitro benzene ring substituents is 1. The van der Waals surface area contributed by atoms with Crippen molar-refractivity contribution in [2.45, 2.75) is 6.61 Å². The second-order valence-electron chi connectivity index (χ2n) is 6.21. The monoisotopic (exact) mass is 390 g/mol. The van der Waals surface area contributed by atoms with Crippen molar-refractivity contribution in [1.29, 1.82) is 0 Å². The van der Waals surface area contributed by atoms with E-state index in [1.54, 1.807) is 12.1 Å². The summed E-state index contributed by atoms with van der Waals surface area (Å²) in [5.74, 6) is -0.977. The standard InChI is InChI=1S/C22H18N2O5/c25-21(29-15-16-6-12-20(13-7-16)24(27)28)14-23-22(26)19-10-8-18(9-11-19)17-4-2-1-3-5-17/h1-13H,14-15H2,(H,23,26). The van der Waals surface area contributed by atoms with E-state index < -0.39 is 10.9 Å². The topological polar surface area (TPSA) is 98.5 Å². The number of nitrogens with one attached hydrogen (secondary N) is 1. The number of ether oxygens (including phenoxy) is 1. The quantitative estimate of drug-likeness (QED) is 0.376. The third-order valence-electron chi connectivity index (χ3n) is 4.19. The van der Waals surface area contributed by atoms with Crippen LogP contribution in [0.3, 0.4) is 0 Å². The van der Waals surface area contributed by atoms with Gasteiger partial charge in [-0.2, -0.15) is 0 Å². The molecule has 7 nitrogen and oxygen atoms in total. The van der Waals surface area contributed by atoms with Crippen molar-refractivity contribution in [2.75, 3.05) is 6.54 Å². The zero-order chi connectivity index (χ0) is 20.6. The van der Waals surface area contributed by atoms with E-state index in [2.05, 4.69) is 5.32 Å². The summed E-state index contributed by atoms with van der Waals surface area (Å²) in [6, 6.07) is 22.6. The Labute approximate surface area is 167 Å². The number of nitrogens with zero attached hydrogens (tertiary/aromatic N) is 1. The van der Waals surface area contributed by atoms with Gasteiger partial charge >= 0.3 is 5.97 Å². The SMILES string of the molecule is O=C(CNC(=O)c1ccc(-c2ccccc2)cc1)OCc1ccc([N+](=O)[O-])cc1. The fraction of sp³-hybridized carbons (Fsp3) is 0.0909. The summed E-state index contributed by atoms with van der Waals surface area (Å²) in [5.41, 5.74) is 3.06. The first-order chi connectivity index (χ1) is 14.0. The molecule has 0 saturated heterocycles. The van der Waals surface area contributed by atoms with Crippen LogP contribution in [-0.4, -0.2) is 23.3 Å². The molecule has 3 rings (SSSR count). The normalized spacial score (nSPS) is 10.2. The minimum atomic E-state index is -0.599. The van der Waals surface area contributed by atoms with Gasteiger partial charge in [-0.05, 0) is 41.0 Å². The molecule has 0 heterocycles. The summed E-state index contributed by atoms with van der Waals surface area (Å²) in [6.07, 6.45) is 0. The third-order valence-corrected chi connectivity index (χ3v) is 4.19. The van der Waals surface area contributed by atoms with Gasteiger partial charge in [-0.3, -0.25) is 19.7 Å². The average Bonchev–Trinajstić information content (AvgIpc) is 2.77. The molecule has 0 saturated carbocycles. The Morgan fingerprint density at radius 3 is 2.10 bits per heavy atom. The first-order valence-electron chi connectivity index (χ1n) is 8.85. The minimum absolute atomic E-state index is 0.0293. The molecular formula is C22H18N2O5. The van der Waals surface area contributed by atoms with E-state index in [-0.39, 0.29) is 24.7 Å². The van der Waals surface area contributed by atoms with Crippen LogP contribution in [-0.2, 0) is 16.1 Å². The molecule has 0 fully saturated rings. The van der Waals surface area contributed by atoms with E-state index in [1.165, 1.54) is 24.3 Å². The van der Waals surface area contributed by atoms with Crippen molar-refractivity contribution in [1.82, 2.24) is 5.32 Å². The second-order valence-corrected chi connectivity index (χ2v) is 6.21. The van der Waals surface area contributed by atoms with Crippen molar-refractivity contribution < 1.29 is 19.2 Å². The smallest absolute Gasteiger partial charge is 0.325 e. The van der Waals surface area contributed by atoms with E-state index in [0.29, 0.717) is 11.1 Å². The van der Waals surface area contributed by atoms with Crippen molar-refractivity contribution in [2.24, 2.45) is 0 Å². The van der Waals surface area contributed by atoms with Crippen LogP contribution in [0.5, 0.6) is 0 Å². The number of esters is 1. The summed E-state index contributed by atoms with van der Waals surface area (Å²) in [4.78, 5) is 34.1. The Bertz CT molecular complexity index is 1000. The van der Waals surface area contributed by atoms with Gasteiger partial charge in [-0.25, -0.2) is 0 Å². The first kappa shape index (κ1) is 19.8. The van der Waals surface area contributed by atoms with E-state index in [4.69, 9.17) is 4.74 Å². The molecule has 0 spiro atoms. The molecule has 0 aromatic heterocycles. The van der Waals surface area contributed by atoms with Crippen LogP contribution in [0, 0.1) is 10.1 Å². The molecule has 0 atom stereocenters. The molecule has 7 heteroatoms. The van der Waals surface area contributed by atoms with Crippen LogP contribution in [0.1, 0.15) is 15.9 Å². The van der Waals surface area contributed by atoms with Gasteiger partial charge in [0.2, 0.25) is 0 Å². The van der Waals surface area contributed by atoms with E-state index in [9.17, 15) is 19.7 Å². The van der Waals surface area contributed by atoms with Crippen molar-refractivity contribution >= 4 is 17.6 Å². The van der Waals surface area contributed by atoms with Crippen molar-refractivity contribution in [3.8, 4) is 11.1 Å². The summed E-state index contributed by atoms with van der Waals surface area (Å²) in [7, 11) is 0. The van der Waals surface area contributed by atoms with Gasteiger partial charge in [-0.1, -0.05) is 42.5 Å². The van der Waals surface area contributed by atoms with E-state index >= 15 is 0 Å². The van der Waals surface area contributed by atoms with Gasteiger partial charge < -0.3 is 10.1 Å². The Hall–Kier alpha value is -4.00. The first-order valence-corrected chi connectivity index (χ1v) is 8.85. The highest BCUT2D eigenvalue weighted by atomic mass is 16.6. The molecule has 3 aromatic carbocycles. The molecule has 0 unspecified atom stereocenters. The Morgan fingerprint density at radius 1 is 0.862 bits per heavy atom. The highest BCUT2D eigenvalue weighted by molar-refractivity contribution is 5.96. The van der Waals surface area contributed by atoms with Crippen LogP contribution in [0.4, 0.5) is 5.69 Å². The molecular weight excluding hydrogens is 372 g/mol. The number of rotatable bonds is 7. The van der Waals surface area contributed by atoms with Crippen LogP contribution in [0.2, 0.25) is 0 Å². The molecule has 1 N–H and O–H groups in total. The van der Waals surface area contributed by atoms with Crippen molar-refractivity contribution in [3.63, 3.8) is 0 Å². The maximum Gasteiger partial charge on any atom is 0.325 e. The molecule has 146 valence electrons. The maximum absolute atomic E-state index is 12.2. The Balaban J connectivity index is 1.47. The van der Waals surface area contributed by atoms with Gasteiger partial charge in [0.25, 0.3) is 11.6 Å². The highest BCUT2D eigenvalue weighted by Crippen LogP contribution is 2.19. The minimum Gasteiger partial charge on any atom is -0.460 e. The van der Waals surface area contributed by atoms with Gasteiger partial charge in [-0.15, -0.1) is 0 Å². The molecule has 3 aromatic rings. The van der Waals surface area contributed by atoms with E-state index in [0.717, 1.165) is 11.1 Å². The Kier molecular flexibility index (Phi) is 6.32. The molecule has 0 aliphatic rings. The van der Waals surface area contributed by atoms with Crippen LogP contribution >= 0.6 is 0 Å². The van der Waals surface area contributed by atoms with Gasteiger partial charge in [0.05, 0.1) is 4.92 Å². The summed E-state index contributed by atoms with van der Waals surface area (Å²) < 4.78 is 5.07. The number of carbonyl (C=O) groups is 2. The van der Waals surface area contributed by atoms with Crippen molar-refractivity contribution in [3.05, 3.63) is 100 Å². The van der Waals surface area contributed by atoms with E-state index in [1.807, 2.05) is 42.5 Å². The molecule has 1 amide bonds. The lowest BCUT2D eigenvalue weighted by Gasteiger charge is -2.07. The van der Waals surface area contributed by atoms with Gasteiger partial charge in [0, 0.05) is 17.7 Å². The lowest BCUT2D eigenvalue weighted by molar-refractivity contribution is -0.384. The fourth-order valence-corrected chi connectivity index (χ4v) is 2.63. The van der Waals surface area contributed by atoms with Crippen LogP contribution in [0.25, 0.3) is 11.1 Å². The lowest BCUT2D eigenvalue weighted by Crippen LogP contribution is -2.30. The molecule has 0 aliphatic heterocycles. The number of amides is 1. The predicted octanol–water partition coefficient (Wildman–Crippen LogP) is 3.74. The fourth-order valence-electron chi connectivity index (χ4n) is 2.63. The van der Waals surface area contributed by atoms with Crippen LogP contribution in [0.15, 0.2) is 78.9 Å². The number of non-ortho nitro benzene ring substituents is 1. The number of hydrogen-bond donors (Lipinski definition) is 1. The Morgan fingerprint density at radius 2 is 1.48 bits per heavy atom. The summed E-state index contributed by atoms with van der Waals surface area (Å²) >= 11 is 0. The zero-order valence-corrected chi connectivity index (χ0v) is 15.4. The molecule has 29 heavy (non-hydrogen) atoms. The average molecular weight is 390 g/mol. The second kappa shape index (κ2) is 9.27. The number of nitro groups is 1. The van der Waals surface area contributed by atoms with Crippen LogP contribution < -0.4 is 5.32 Å². The highest BCUT2D eigenvalue weighted by Gasteiger charge is 2.10. The molecule has 0 bridgehead atoms. The molecule has 0 aliphatic carbocycles. The van der Waals surface area contributed by atoms with Gasteiger partial charge in [0.1, 0.15) is 13.2 Å². The zero-order valence-electron chi connectivity index (χ0n) is 15.4. The predicted molar refractivity (Wildman–Crippen MR) is 107 cm³/mol. The maximum atomic E-state index is 12.2. The summed E-state index contributed by atoms with van der Waals surface area (Å²) in [5, 5.41) is 13.1. The number of hydrogen-bond acceptors (Lipinski definition) is 5. The summed E-state index contributed by atoms with van der Waals surface area (Å²) in [6.45, 7) is -0.301. The number of benzene rings is 3. The largest absolute Gasteiger partial charge is 0.460 e. The third kappa shape index (κ3) is 5.49. The lowest BCUT2D eigenvalue weighted by atomic mass is 10.0. The number of carbonyl (C=O) groups excluding carboxylic acids is 2. The molecule has 0 radical (unpaired) electrons.